The van der Waals surface area contributed by atoms with Gasteiger partial charge in [-0.05, 0) is 64.2 Å². The van der Waals surface area contributed by atoms with Gasteiger partial charge in [-0.2, -0.15) is 0 Å². The summed E-state index contributed by atoms with van der Waals surface area (Å²) in [7, 11) is 0. The summed E-state index contributed by atoms with van der Waals surface area (Å²) in [4.78, 5) is 26.2. The predicted octanol–water partition coefficient (Wildman–Crippen LogP) is 16.3. The zero-order valence-electron chi connectivity index (χ0n) is 41.9. The van der Waals surface area contributed by atoms with Gasteiger partial charge in [-0.25, -0.2) is 0 Å². The fourth-order valence-electron chi connectivity index (χ4n) is 7.80. The Morgan fingerprint density at radius 3 is 1.33 bits per heavy atom. The second-order valence-corrected chi connectivity index (χ2v) is 18.0. The fraction of sp³-hybridized carbons (Fsp3) is 0.724. The van der Waals surface area contributed by atoms with Crippen molar-refractivity contribution in [3.63, 3.8) is 0 Å². The topological polar surface area (TPSA) is 95.9 Å². The number of amides is 1. The predicted molar refractivity (Wildman–Crippen MR) is 278 cm³/mol. The molecule has 0 saturated heterocycles. The first-order valence-electron chi connectivity index (χ1n) is 26.9. The van der Waals surface area contributed by atoms with Crippen molar-refractivity contribution in [1.29, 1.82) is 0 Å². The van der Waals surface area contributed by atoms with Crippen molar-refractivity contribution in [1.82, 2.24) is 5.32 Å². The Morgan fingerprint density at radius 2 is 0.859 bits per heavy atom. The molecule has 0 spiro atoms. The molecular weight excluding hydrogens is 791 g/mol. The number of carbonyl (C=O) groups is 2. The van der Waals surface area contributed by atoms with Gasteiger partial charge in [-0.3, -0.25) is 9.59 Å². The van der Waals surface area contributed by atoms with Crippen LogP contribution in [0.25, 0.3) is 0 Å². The first kappa shape index (κ1) is 61.0. The third kappa shape index (κ3) is 45.6. The largest absolute Gasteiger partial charge is 0.462 e. The van der Waals surface area contributed by atoms with Crippen molar-refractivity contribution in [2.45, 2.75) is 264 Å². The van der Waals surface area contributed by atoms with Crippen LogP contribution in [-0.2, 0) is 14.3 Å². The van der Waals surface area contributed by atoms with E-state index < -0.39 is 18.2 Å². The van der Waals surface area contributed by atoms with E-state index in [4.69, 9.17) is 4.74 Å². The van der Waals surface area contributed by atoms with E-state index in [-0.39, 0.29) is 24.9 Å². The summed E-state index contributed by atoms with van der Waals surface area (Å²) in [5.41, 5.74) is 0. The van der Waals surface area contributed by atoms with Crippen LogP contribution in [0.2, 0.25) is 0 Å². The molecule has 0 bridgehead atoms. The van der Waals surface area contributed by atoms with Crippen LogP contribution in [0, 0.1) is 0 Å². The maximum atomic E-state index is 13.2. The number of aliphatic hydroxyl groups excluding tert-OH is 2. The molecule has 0 heterocycles. The van der Waals surface area contributed by atoms with Crippen LogP contribution in [0.15, 0.2) is 85.1 Å². The summed E-state index contributed by atoms with van der Waals surface area (Å²) in [6.07, 6.45) is 66.5. The number of unbranched alkanes of at least 4 members (excludes halogenated alkanes) is 26. The maximum Gasteiger partial charge on any atom is 0.306 e. The number of nitrogens with one attached hydrogen (secondary N) is 1. The van der Waals surface area contributed by atoms with Crippen LogP contribution >= 0.6 is 0 Å². The molecule has 6 nitrogen and oxygen atoms in total. The molecule has 3 unspecified atom stereocenters. The summed E-state index contributed by atoms with van der Waals surface area (Å²) in [5.74, 6) is -0.572. The van der Waals surface area contributed by atoms with Gasteiger partial charge in [0, 0.05) is 6.42 Å². The lowest BCUT2D eigenvalue weighted by molar-refractivity contribution is -0.151. The van der Waals surface area contributed by atoms with E-state index in [0.29, 0.717) is 19.3 Å². The number of aliphatic hydroxyl groups is 2. The molecule has 0 aromatic carbocycles. The second kappa shape index (κ2) is 51.0. The molecule has 0 fully saturated rings. The summed E-state index contributed by atoms with van der Waals surface area (Å²) in [6.45, 7) is 6.32. The number of allylic oxidation sites excluding steroid dienone is 14. The first-order valence-corrected chi connectivity index (χ1v) is 26.9. The highest BCUT2D eigenvalue weighted by molar-refractivity contribution is 5.77. The Balaban J connectivity index is 4.69. The van der Waals surface area contributed by atoms with Gasteiger partial charge in [0.2, 0.25) is 5.91 Å². The van der Waals surface area contributed by atoms with Crippen LogP contribution in [-0.4, -0.2) is 46.9 Å². The number of rotatable bonds is 47. The van der Waals surface area contributed by atoms with E-state index >= 15 is 0 Å². The summed E-state index contributed by atoms with van der Waals surface area (Å²) >= 11 is 0. The van der Waals surface area contributed by atoms with Gasteiger partial charge in [-0.1, -0.05) is 254 Å². The first-order chi connectivity index (χ1) is 31.5. The second-order valence-electron chi connectivity index (χ2n) is 18.0. The van der Waals surface area contributed by atoms with Gasteiger partial charge < -0.3 is 20.3 Å². The average molecular weight is 892 g/mol. The summed E-state index contributed by atoms with van der Waals surface area (Å²) < 4.78 is 5.89. The summed E-state index contributed by atoms with van der Waals surface area (Å²) in [5, 5.41) is 23.8. The minimum Gasteiger partial charge on any atom is -0.462 e. The lowest BCUT2D eigenvalue weighted by Gasteiger charge is -2.24. The van der Waals surface area contributed by atoms with Gasteiger partial charge in [0.1, 0.15) is 6.10 Å². The lowest BCUT2D eigenvalue weighted by atomic mass is 10.0. The molecule has 1 amide bonds. The molecule has 0 aliphatic carbocycles. The molecule has 0 saturated carbocycles. The molecular formula is C58H101NO5. The van der Waals surface area contributed by atoms with Crippen LogP contribution in [0.1, 0.15) is 245 Å². The SMILES string of the molecule is CC/C=C/C=C/C=C\C=C/C=C/CCCCCC(=O)OC(CCC/C=C/C=C/CCCCCCCCC)CC(=O)NC(CO)C(O)CCCCCCCCCCCCCCCCCC. The third-order valence-corrected chi connectivity index (χ3v) is 11.9. The molecule has 0 radical (unpaired) electrons. The Bertz CT molecular complexity index is 1230. The van der Waals surface area contributed by atoms with Gasteiger partial charge in [0.05, 0.1) is 25.2 Å². The van der Waals surface area contributed by atoms with E-state index in [1.165, 1.54) is 128 Å². The molecule has 368 valence electrons. The Morgan fingerprint density at radius 1 is 0.469 bits per heavy atom. The van der Waals surface area contributed by atoms with Crippen LogP contribution in [0.4, 0.5) is 0 Å². The molecule has 0 aromatic rings. The van der Waals surface area contributed by atoms with E-state index in [0.717, 1.165) is 70.6 Å². The Labute approximate surface area is 395 Å². The molecule has 6 heteroatoms. The van der Waals surface area contributed by atoms with E-state index in [1.807, 2.05) is 42.5 Å². The van der Waals surface area contributed by atoms with Gasteiger partial charge in [0.25, 0.3) is 0 Å². The van der Waals surface area contributed by atoms with Crippen LogP contribution < -0.4 is 5.32 Å². The number of ether oxygens (including phenoxy) is 1. The molecule has 0 aliphatic rings. The molecule has 0 aliphatic heterocycles. The third-order valence-electron chi connectivity index (χ3n) is 11.9. The van der Waals surface area contributed by atoms with Crippen molar-refractivity contribution in [2.75, 3.05) is 6.61 Å². The quantitative estimate of drug-likeness (QED) is 0.0321. The molecule has 0 aromatic heterocycles. The highest BCUT2D eigenvalue weighted by atomic mass is 16.5. The molecule has 0 rings (SSSR count). The average Bonchev–Trinajstić information content (AvgIpc) is 3.29. The van der Waals surface area contributed by atoms with Gasteiger partial charge in [0.15, 0.2) is 0 Å². The van der Waals surface area contributed by atoms with Crippen molar-refractivity contribution in [3.05, 3.63) is 85.1 Å². The zero-order chi connectivity index (χ0) is 46.7. The number of hydrogen-bond donors (Lipinski definition) is 3. The normalized spacial score (nSPS) is 13.9. The fourth-order valence-corrected chi connectivity index (χ4v) is 7.80. The number of hydrogen-bond acceptors (Lipinski definition) is 5. The number of esters is 1. The molecule has 3 N–H and O–H groups in total. The highest BCUT2D eigenvalue weighted by Crippen LogP contribution is 2.17. The molecule has 64 heavy (non-hydrogen) atoms. The van der Waals surface area contributed by atoms with E-state index in [2.05, 4.69) is 68.6 Å². The maximum absolute atomic E-state index is 13.2. The standard InChI is InChI=1S/C58H101NO5/c1-4-7-10-13-16-19-22-25-28-30-32-35-38-41-44-47-50-56(61)55(53-60)59-57(62)52-54(49-46-43-40-37-34-31-27-24-21-18-15-12-9-6-3)64-58(63)51-48-45-42-39-36-33-29-26-23-20-17-14-11-8-5-2/h8,11,14,17,20,23,26,29,31,33-34,36-37,40,54-56,60-61H,4-7,9-10,12-13,15-16,18-19,21-22,24-25,27-28,30,32,35,38-39,41-53H2,1-3H3,(H,59,62)/b11-8+,17-14+,23-20-,29-26-,34-31+,36-33+,40-37+. The van der Waals surface area contributed by atoms with Crippen molar-refractivity contribution in [3.8, 4) is 0 Å². The number of carbonyl (C=O) groups excluding carboxylic acids is 2. The van der Waals surface area contributed by atoms with Crippen LogP contribution in [0.5, 0.6) is 0 Å². The zero-order valence-corrected chi connectivity index (χ0v) is 41.9. The Kier molecular flexibility index (Phi) is 48.7. The highest BCUT2D eigenvalue weighted by Gasteiger charge is 2.24. The van der Waals surface area contributed by atoms with Gasteiger partial charge in [-0.15, -0.1) is 0 Å². The Hall–Kier alpha value is -2.96. The van der Waals surface area contributed by atoms with E-state index in [9.17, 15) is 19.8 Å². The smallest absolute Gasteiger partial charge is 0.306 e. The minimum atomic E-state index is -0.811. The van der Waals surface area contributed by atoms with Crippen molar-refractivity contribution in [2.24, 2.45) is 0 Å². The van der Waals surface area contributed by atoms with Crippen molar-refractivity contribution >= 4 is 11.9 Å². The minimum absolute atomic E-state index is 0.0236. The van der Waals surface area contributed by atoms with Gasteiger partial charge >= 0.3 is 5.97 Å². The monoisotopic (exact) mass is 892 g/mol. The van der Waals surface area contributed by atoms with Crippen molar-refractivity contribution < 1.29 is 24.5 Å². The summed E-state index contributed by atoms with van der Waals surface area (Å²) in [6, 6.07) is -0.730. The lowest BCUT2D eigenvalue weighted by Crippen LogP contribution is -2.46. The van der Waals surface area contributed by atoms with E-state index in [1.54, 1.807) is 0 Å². The van der Waals surface area contributed by atoms with Crippen LogP contribution in [0.3, 0.4) is 0 Å². The molecule has 3 atom stereocenters.